The molecule has 2 aromatic heterocycles. The van der Waals surface area contributed by atoms with E-state index < -0.39 is 5.97 Å². The second kappa shape index (κ2) is 5.20. The lowest BCUT2D eigenvalue weighted by Gasteiger charge is -2.06. The largest absolute Gasteiger partial charge is 0.478 e. The molecule has 0 radical (unpaired) electrons. The molecule has 0 saturated heterocycles. The molecule has 0 fully saturated rings. The number of aryl methyl sites for hydroxylation is 1. The summed E-state index contributed by atoms with van der Waals surface area (Å²) in [6.07, 6.45) is 0. The third-order valence-electron chi connectivity index (χ3n) is 2.95. The zero-order chi connectivity index (χ0) is 14.8. The van der Waals surface area contributed by atoms with Gasteiger partial charge in [-0.1, -0.05) is 11.2 Å². The first-order valence-electron chi connectivity index (χ1n) is 6.29. The van der Waals surface area contributed by atoms with Gasteiger partial charge in [-0.05, 0) is 31.2 Å². The van der Waals surface area contributed by atoms with Gasteiger partial charge in [-0.15, -0.1) is 0 Å². The minimum atomic E-state index is -0.968. The molecule has 7 nitrogen and oxygen atoms in total. The molecule has 2 heterocycles. The number of pyridine rings is 1. The van der Waals surface area contributed by atoms with Crippen LogP contribution < -0.4 is 5.32 Å². The third kappa shape index (κ3) is 2.66. The van der Waals surface area contributed by atoms with Gasteiger partial charge in [0.05, 0.1) is 17.6 Å². The highest BCUT2D eigenvalue weighted by Crippen LogP contribution is 2.19. The Balaban J connectivity index is 1.86. The number of nitrogens with one attached hydrogen (secondary N) is 1. The van der Waals surface area contributed by atoms with Gasteiger partial charge in [0.15, 0.2) is 5.82 Å². The fraction of sp³-hybridized carbons (Fsp3) is 0.143. The van der Waals surface area contributed by atoms with Crippen LogP contribution in [0.4, 0.5) is 5.82 Å². The Morgan fingerprint density at radius 2 is 2.14 bits per heavy atom. The van der Waals surface area contributed by atoms with Crippen molar-refractivity contribution in [2.75, 3.05) is 5.32 Å². The van der Waals surface area contributed by atoms with Gasteiger partial charge in [0.2, 0.25) is 5.89 Å². The number of anilines is 1. The number of aromatic carboxylic acids is 1. The molecule has 0 unspecified atom stereocenters. The highest BCUT2D eigenvalue weighted by Gasteiger charge is 2.09. The number of carbonyl (C=O) groups is 1. The topological polar surface area (TPSA) is 101 Å². The maximum Gasteiger partial charge on any atom is 0.336 e. The van der Waals surface area contributed by atoms with Crippen molar-refractivity contribution < 1.29 is 14.4 Å². The van der Waals surface area contributed by atoms with Crippen molar-refractivity contribution in [2.45, 2.75) is 13.5 Å². The number of carboxylic acid groups (broad SMARTS) is 1. The molecule has 1 aromatic carbocycles. The lowest BCUT2D eigenvalue weighted by Crippen LogP contribution is -2.03. The quantitative estimate of drug-likeness (QED) is 0.757. The van der Waals surface area contributed by atoms with Crippen LogP contribution >= 0.6 is 0 Å². The Bertz CT molecular complexity index is 813. The summed E-state index contributed by atoms with van der Waals surface area (Å²) in [6.45, 7) is 2.10. The molecule has 106 valence electrons. The molecular weight excluding hydrogens is 272 g/mol. The number of rotatable bonds is 4. The predicted molar refractivity (Wildman–Crippen MR) is 75.1 cm³/mol. The van der Waals surface area contributed by atoms with Crippen LogP contribution in [0, 0.1) is 6.92 Å². The van der Waals surface area contributed by atoms with Crippen LogP contribution in [-0.4, -0.2) is 26.2 Å². The monoisotopic (exact) mass is 284 g/mol. The summed E-state index contributed by atoms with van der Waals surface area (Å²) in [5, 5.41) is 16.5. The molecule has 7 heteroatoms. The maximum atomic E-state index is 11.1. The Morgan fingerprint density at radius 3 is 2.86 bits per heavy atom. The van der Waals surface area contributed by atoms with E-state index in [1.54, 1.807) is 37.3 Å². The van der Waals surface area contributed by atoms with Crippen LogP contribution in [0.5, 0.6) is 0 Å². The highest BCUT2D eigenvalue weighted by molar-refractivity contribution is 6.02. The lowest BCUT2D eigenvalue weighted by molar-refractivity contribution is 0.0699. The second-order valence-electron chi connectivity index (χ2n) is 4.46. The first-order valence-corrected chi connectivity index (χ1v) is 6.29. The highest BCUT2D eigenvalue weighted by atomic mass is 16.5. The van der Waals surface area contributed by atoms with Crippen molar-refractivity contribution in [1.82, 2.24) is 15.1 Å². The summed E-state index contributed by atoms with van der Waals surface area (Å²) in [7, 11) is 0. The van der Waals surface area contributed by atoms with Gasteiger partial charge >= 0.3 is 5.97 Å². The number of fused-ring (bicyclic) bond motifs is 1. The van der Waals surface area contributed by atoms with Gasteiger partial charge in [0.1, 0.15) is 5.82 Å². The molecule has 0 aliphatic carbocycles. The smallest absolute Gasteiger partial charge is 0.336 e. The molecule has 0 bridgehead atoms. The molecule has 21 heavy (non-hydrogen) atoms. The maximum absolute atomic E-state index is 11.1. The summed E-state index contributed by atoms with van der Waals surface area (Å²) >= 11 is 0. The van der Waals surface area contributed by atoms with Crippen molar-refractivity contribution >= 4 is 22.7 Å². The number of benzene rings is 1. The van der Waals surface area contributed by atoms with E-state index >= 15 is 0 Å². The Hall–Kier alpha value is -2.96. The first-order chi connectivity index (χ1) is 10.1. The third-order valence-corrected chi connectivity index (χ3v) is 2.95. The van der Waals surface area contributed by atoms with Gasteiger partial charge < -0.3 is 14.9 Å². The molecule has 0 saturated carbocycles. The van der Waals surface area contributed by atoms with Crippen molar-refractivity contribution in [1.29, 1.82) is 0 Å². The number of carboxylic acids is 1. The van der Waals surface area contributed by atoms with E-state index in [0.717, 1.165) is 0 Å². The normalized spacial score (nSPS) is 10.7. The summed E-state index contributed by atoms with van der Waals surface area (Å²) in [4.78, 5) is 19.6. The molecule has 3 rings (SSSR count). The number of hydrogen-bond acceptors (Lipinski definition) is 6. The number of hydrogen-bond donors (Lipinski definition) is 2. The Labute approximate surface area is 119 Å². The molecule has 3 aromatic rings. The Kier molecular flexibility index (Phi) is 3.23. The van der Waals surface area contributed by atoms with E-state index in [1.807, 2.05) is 0 Å². The fourth-order valence-electron chi connectivity index (χ4n) is 2.02. The van der Waals surface area contributed by atoms with Crippen LogP contribution in [0.25, 0.3) is 10.9 Å². The van der Waals surface area contributed by atoms with Crippen molar-refractivity contribution in [3.05, 3.63) is 47.6 Å². The summed E-state index contributed by atoms with van der Waals surface area (Å²) in [5.74, 6) is 0.684. The molecule has 0 aliphatic rings. The van der Waals surface area contributed by atoms with E-state index in [4.69, 9.17) is 9.63 Å². The zero-order valence-corrected chi connectivity index (χ0v) is 11.2. The molecule has 0 spiro atoms. The number of aromatic nitrogens is 3. The van der Waals surface area contributed by atoms with Gasteiger partial charge in [-0.2, -0.15) is 4.98 Å². The van der Waals surface area contributed by atoms with Gasteiger partial charge in [-0.25, -0.2) is 9.78 Å². The molecule has 0 amide bonds. The van der Waals surface area contributed by atoms with E-state index in [1.165, 1.54) is 0 Å². The van der Waals surface area contributed by atoms with Crippen LogP contribution in [0.3, 0.4) is 0 Å². The van der Waals surface area contributed by atoms with Crippen molar-refractivity contribution in [3.8, 4) is 0 Å². The van der Waals surface area contributed by atoms with Gasteiger partial charge in [-0.3, -0.25) is 0 Å². The SMILES string of the molecule is Cc1noc(CNc2ccc3c(C(=O)O)cccc3n2)n1. The standard InChI is InChI=1S/C14H12N4O3/c1-8-16-13(21-18-8)7-15-12-6-5-9-10(14(19)20)3-2-4-11(9)17-12/h2-6H,7H2,1H3,(H,15,17)(H,19,20). The van der Waals surface area contributed by atoms with E-state index in [9.17, 15) is 4.79 Å². The summed E-state index contributed by atoms with van der Waals surface area (Å²) < 4.78 is 4.99. The van der Waals surface area contributed by atoms with Gasteiger partial charge in [0, 0.05) is 5.39 Å². The summed E-state index contributed by atoms with van der Waals surface area (Å²) in [5.41, 5.74) is 0.848. The minimum absolute atomic E-state index is 0.235. The molecule has 0 aliphatic heterocycles. The molecule has 0 atom stereocenters. The lowest BCUT2D eigenvalue weighted by atomic mass is 10.1. The van der Waals surface area contributed by atoms with Crippen molar-refractivity contribution in [2.24, 2.45) is 0 Å². The fourth-order valence-corrected chi connectivity index (χ4v) is 2.02. The van der Waals surface area contributed by atoms with E-state index in [2.05, 4.69) is 20.4 Å². The predicted octanol–water partition coefficient (Wildman–Crippen LogP) is 2.24. The zero-order valence-electron chi connectivity index (χ0n) is 11.2. The first kappa shape index (κ1) is 13.0. The van der Waals surface area contributed by atoms with Crippen LogP contribution in [-0.2, 0) is 6.54 Å². The number of nitrogens with zero attached hydrogens (tertiary/aromatic N) is 3. The average Bonchev–Trinajstić information content (AvgIpc) is 2.89. The second-order valence-corrected chi connectivity index (χ2v) is 4.46. The van der Waals surface area contributed by atoms with E-state index in [-0.39, 0.29) is 5.56 Å². The van der Waals surface area contributed by atoms with Crippen LogP contribution in [0.1, 0.15) is 22.1 Å². The van der Waals surface area contributed by atoms with Crippen LogP contribution in [0.2, 0.25) is 0 Å². The minimum Gasteiger partial charge on any atom is -0.478 e. The molecule has 2 N–H and O–H groups in total. The average molecular weight is 284 g/mol. The van der Waals surface area contributed by atoms with Gasteiger partial charge in [0.25, 0.3) is 0 Å². The van der Waals surface area contributed by atoms with E-state index in [0.29, 0.717) is 35.0 Å². The Morgan fingerprint density at radius 1 is 1.29 bits per heavy atom. The van der Waals surface area contributed by atoms with Crippen molar-refractivity contribution in [3.63, 3.8) is 0 Å². The van der Waals surface area contributed by atoms with Crippen LogP contribution in [0.15, 0.2) is 34.9 Å². The molecular formula is C14H12N4O3. The summed E-state index contributed by atoms with van der Waals surface area (Å²) in [6, 6.07) is 8.44.